The first-order valence-electron chi connectivity index (χ1n) is 8.33. The van der Waals surface area contributed by atoms with E-state index in [-0.39, 0.29) is 0 Å². The second kappa shape index (κ2) is 22.9. The Labute approximate surface area is 144 Å². The summed E-state index contributed by atoms with van der Waals surface area (Å²) in [6.45, 7) is 16.0. The zero-order valence-electron chi connectivity index (χ0n) is 16.3. The van der Waals surface area contributed by atoms with E-state index < -0.39 is 10.1 Å². The van der Waals surface area contributed by atoms with Crippen molar-refractivity contribution in [2.45, 2.75) is 55.4 Å². The van der Waals surface area contributed by atoms with Gasteiger partial charge in [0.2, 0.25) is 0 Å². The van der Waals surface area contributed by atoms with Gasteiger partial charge in [-0.05, 0) is 10.8 Å². The third kappa shape index (κ3) is 25.9. The summed E-state index contributed by atoms with van der Waals surface area (Å²) in [5, 5.41) is 2.62. The molecule has 0 atom stereocenters. The van der Waals surface area contributed by atoms with Crippen LogP contribution in [0.1, 0.15) is 55.4 Å². The lowest BCUT2D eigenvalue weighted by molar-refractivity contribution is 0.490. The highest BCUT2D eigenvalue weighted by Crippen LogP contribution is 2.11. The predicted octanol–water partition coefficient (Wildman–Crippen LogP) is 6.45. The minimum absolute atomic E-state index is 0.715. The van der Waals surface area contributed by atoms with Crippen LogP contribution in [0.2, 0.25) is 0 Å². The number of rotatable bonds is 0. The van der Waals surface area contributed by atoms with Crippen molar-refractivity contribution in [1.82, 2.24) is 0 Å². The maximum atomic E-state index is 9.19. The topological polar surface area (TPSA) is 54.4 Å². The molecule has 0 unspecified atom stereocenters. The summed E-state index contributed by atoms with van der Waals surface area (Å²) in [5.41, 5.74) is 0. The van der Waals surface area contributed by atoms with Crippen molar-refractivity contribution in [2.75, 3.05) is 6.26 Å². The van der Waals surface area contributed by atoms with Crippen molar-refractivity contribution >= 4 is 20.9 Å². The van der Waals surface area contributed by atoms with E-state index in [1.54, 1.807) is 0 Å². The van der Waals surface area contributed by atoms with Crippen LogP contribution in [0.3, 0.4) is 0 Å². The monoisotopic (exact) mass is 344 g/mol. The molecule has 2 aromatic carbocycles. The second-order valence-electron chi connectivity index (χ2n) is 3.08. The molecule has 0 aliphatic heterocycles. The molecule has 0 bridgehead atoms. The van der Waals surface area contributed by atoms with E-state index in [0.29, 0.717) is 6.26 Å². The van der Waals surface area contributed by atoms with E-state index in [9.17, 15) is 8.42 Å². The molecule has 2 rings (SSSR count). The van der Waals surface area contributed by atoms with E-state index in [1.165, 1.54) is 10.8 Å². The molecule has 136 valence electrons. The Balaban J connectivity index is -0.000000120. The summed E-state index contributed by atoms with van der Waals surface area (Å²) in [4.78, 5) is 0. The average molecular weight is 345 g/mol. The van der Waals surface area contributed by atoms with Gasteiger partial charge in [-0.2, -0.15) is 8.42 Å². The van der Waals surface area contributed by atoms with Crippen LogP contribution < -0.4 is 0 Å². The number of hydrogen-bond acceptors (Lipinski definition) is 2. The van der Waals surface area contributed by atoms with Crippen LogP contribution in [0.25, 0.3) is 10.8 Å². The Kier molecular flexibility index (Phi) is 29.5. The summed E-state index contributed by atoms with van der Waals surface area (Å²) < 4.78 is 25.9. The van der Waals surface area contributed by atoms with Gasteiger partial charge in [0.25, 0.3) is 10.1 Å². The van der Waals surface area contributed by atoms with Crippen molar-refractivity contribution in [3.63, 3.8) is 0 Å². The normalized spacial score (nSPS) is 7.91. The number of fused-ring (bicyclic) bond motifs is 1. The Morgan fingerprint density at radius 3 is 0.870 bits per heavy atom. The highest BCUT2D eigenvalue weighted by molar-refractivity contribution is 7.85. The van der Waals surface area contributed by atoms with E-state index in [2.05, 4.69) is 48.5 Å². The zero-order chi connectivity index (χ0) is 19.3. The number of hydrogen-bond donors (Lipinski definition) is 1. The molecule has 0 aliphatic rings. The smallest absolute Gasteiger partial charge is 0.261 e. The molecule has 0 heterocycles. The molecule has 23 heavy (non-hydrogen) atoms. The highest BCUT2D eigenvalue weighted by Gasteiger charge is 1.85. The highest BCUT2D eigenvalue weighted by atomic mass is 32.2. The quantitative estimate of drug-likeness (QED) is 0.559. The zero-order valence-corrected chi connectivity index (χ0v) is 17.1. The molecule has 3 nitrogen and oxygen atoms in total. The Morgan fingerprint density at radius 1 is 0.609 bits per heavy atom. The number of benzene rings is 2. The SMILES string of the molecule is CC.CC.CC.CC.CS(=O)(=O)O.c1ccc2ccccc2c1. The molecule has 1 N–H and O–H groups in total. The van der Waals surface area contributed by atoms with E-state index in [0.717, 1.165) is 0 Å². The van der Waals surface area contributed by atoms with Gasteiger partial charge in [0.15, 0.2) is 0 Å². The molecule has 0 saturated carbocycles. The average Bonchev–Trinajstić information content (AvgIpc) is 2.61. The fourth-order valence-corrected chi connectivity index (χ4v) is 1.13. The maximum Gasteiger partial charge on any atom is 0.261 e. The van der Waals surface area contributed by atoms with Gasteiger partial charge in [0, 0.05) is 0 Å². The van der Waals surface area contributed by atoms with E-state index >= 15 is 0 Å². The minimum Gasteiger partial charge on any atom is -0.286 e. The van der Waals surface area contributed by atoms with Gasteiger partial charge in [-0.3, -0.25) is 4.55 Å². The van der Waals surface area contributed by atoms with Crippen LogP contribution in [-0.2, 0) is 10.1 Å². The summed E-state index contributed by atoms with van der Waals surface area (Å²) in [7, 11) is -3.67. The van der Waals surface area contributed by atoms with Gasteiger partial charge in [-0.15, -0.1) is 0 Å². The van der Waals surface area contributed by atoms with Gasteiger partial charge in [0.1, 0.15) is 0 Å². The Morgan fingerprint density at radius 2 is 0.739 bits per heavy atom. The first kappa shape index (κ1) is 29.6. The van der Waals surface area contributed by atoms with Crippen LogP contribution in [0.4, 0.5) is 0 Å². The van der Waals surface area contributed by atoms with Crippen molar-refractivity contribution in [3.05, 3.63) is 48.5 Å². The van der Waals surface area contributed by atoms with Crippen molar-refractivity contribution < 1.29 is 13.0 Å². The lowest BCUT2D eigenvalue weighted by atomic mass is 10.1. The molecule has 0 fully saturated rings. The molecule has 0 spiro atoms. The van der Waals surface area contributed by atoms with Crippen LogP contribution in [0.5, 0.6) is 0 Å². The van der Waals surface area contributed by atoms with E-state index in [1.807, 2.05) is 55.4 Å². The minimum atomic E-state index is -3.67. The van der Waals surface area contributed by atoms with Crippen LogP contribution in [0, 0.1) is 0 Å². The van der Waals surface area contributed by atoms with Crippen LogP contribution in [-0.4, -0.2) is 19.2 Å². The van der Waals surface area contributed by atoms with Crippen molar-refractivity contribution in [1.29, 1.82) is 0 Å². The summed E-state index contributed by atoms with van der Waals surface area (Å²) in [6, 6.07) is 16.7. The summed E-state index contributed by atoms with van der Waals surface area (Å²) >= 11 is 0. The first-order valence-corrected chi connectivity index (χ1v) is 10.2. The molecule has 0 aromatic heterocycles. The maximum absolute atomic E-state index is 9.19. The fourth-order valence-electron chi connectivity index (χ4n) is 1.13. The lowest BCUT2D eigenvalue weighted by Crippen LogP contribution is -1.88. The first-order chi connectivity index (χ1) is 11.0. The van der Waals surface area contributed by atoms with Crippen molar-refractivity contribution in [2.24, 2.45) is 0 Å². The molecule has 2 aromatic rings. The summed E-state index contributed by atoms with van der Waals surface area (Å²) in [5.74, 6) is 0. The van der Waals surface area contributed by atoms with E-state index in [4.69, 9.17) is 4.55 Å². The summed E-state index contributed by atoms with van der Waals surface area (Å²) in [6.07, 6.45) is 0.715. The third-order valence-corrected chi connectivity index (χ3v) is 1.66. The molecule has 4 heteroatoms. The molecular formula is C19H36O3S. The van der Waals surface area contributed by atoms with Crippen LogP contribution >= 0.6 is 0 Å². The van der Waals surface area contributed by atoms with Gasteiger partial charge in [-0.25, -0.2) is 0 Å². The van der Waals surface area contributed by atoms with Crippen LogP contribution in [0.15, 0.2) is 48.5 Å². The second-order valence-corrected chi connectivity index (χ2v) is 4.55. The largest absolute Gasteiger partial charge is 0.286 e. The van der Waals surface area contributed by atoms with Gasteiger partial charge >= 0.3 is 0 Å². The van der Waals surface area contributed by atoms with Gasteiger partial charge < -0.3 is 0 Å². The lowest BCUT2D eigenvalue weighted by Gasteiger charge is -1.92. The van der Waals surface area contributed by atoms with Gasteiger partial charge in [0.05, 0.1) is 6.26 Å². The molecule has 0 saturated heterocycles. The molecular weight excluding hydrogens is 308 g/mol. The molecule has 0 aliphatic carbocycles. The molecule has 0 radical (unpaired) electrons. The fraction of sp³-hybridized carbons (Fsp3) is 0.474. The standard InChI is InChI=1S/C10H8.4C2H6.CH4O3S/c1-2-6-10-8-4-3-7-9(10)5-1;4*1-2;1-5(2,3)4/h1-8H;4*1-2H3;1H3,(H,2,3,4). The van der Waals surface area contributed by atoms with Gasteiger partial charge in [-0.1, -0.05) is 104 Å². The Bertz CT molecular complexity index is 462. The van der Waals surface area contributed by atoms with Crippen molar-refractivity contribution in [3.8, 4) is 0 Å². The third-order valence-electron chi connectivity index (χ3n) is 1.66. The predicted molar refractivity (Wildman–Crippen MR) is 107 cm³/mol. The molecule has 0 amide bonds. The Hall–Kier alpha value is -1.39.